The highest BCUT2D eigenvalue weighted by atomic mass is 16.4. The van der Waals surface area contributed by atoms with Crippen molar-refractivity contribution in [3.05, 3.63) is 10.4 Å². The number of hydrogen-bond acceptors (Lipinski definition) is 3. The van der Waals surface area contributed by atoms with E-state index in [-0.39, 0.29) is 6.54 Å². The molecule has 0 aromatic heterocycles. The molecule has 1 fully saturated rings. The van der Waals surface area contributed by atoms with Gasteiger partial charge in [-0.3, -0.25) is 4.79 Å². The van der Waals surface area contributed by atoms with Crippen LogP contribution in [0.25, 0.3) is 10.4 Å². The fraction of sp³-hybridized carbons (Fsp3) is 0.714. The van der Waals surface area contributed by atoms with Crippen molar-refractivity contribution in [2.45, 2.75) is 18.9 Å². The van der Waals surface area contributed by atoms with E-state index in [0.717, 1.165) is 0 Å². The van der Waals surface area contributed by atoms with Crippen molar-refractivity contribution in [1.82, 2.24) is 4.90 Å². The van der Waals surface area contributed by atoms with Gasteiger partial charge in [-0.05, 0) is 18.4 Å². The first kappa shape index (κ1) is 10.3. The third-order valence-corrected chi connectivity index (χ3v) is 2.13. The van der Waals surface area contributed by atoms with E-state index in [4.69, 9.17) is 10.6 Å². The second kappa shape index (κ2) is 4.48. The highest BCUT2D eigenvalue weighted by molar-refractivity contribution is 5.85. The quantitative estimate of drug-likeness (QED) is 0.402. The number of azide groups is 1. The molecule has 1 rings (SSSR count). The molecule has 1 aliphatic heterocycles. The Morgan fingerprint density at radius 3 is 2.93 bits per heavy atom. The smallest absolute Gasteiger partial charge is 0.326 e. The Kier molecular flexibility index (Phi) is 3.30. The zero-order chi connectivity index (χ0) is 10.6. The molecule has 1 heterocycles. The summed E-state index contributed by atoms with van der Waals surface area (Å²) < 4.78 is 0. The van der Waals surface area contributed by atoms with Gasteiger partial charge in [-0.1, -0.05) is 5.11 Å². The summed E-state index contributed by atoms with van der Waals surface area (Å²) in [6.07, 6.45) is 1.15. The van der Waals surface area contributed by atoms with E-state index in [0.29, 0.717) is 19.4 Å². The van der Waals surface area contributed by atoms with Crippen LogP contribution >= 0.6 is 0 Å². The second-order valence-electron chi connectivity index (χ2n) is 2.97. The van der Waals surface area contributed by atoms with Crippen LogP contribution in [-0.2, 0) is 9.59 Å². The first-order valence-corrected chi connectivity index (χ1v) is 4.20. The van der Waals surface area contributed by atoms with Gasteiger partial charge in [-0.15, -0.1) is 0 Å². The Hall–Kier alpha value is -1.75. The van der Waals surface area contributed by atoms with E-state index in [1.807, 2.05) is 0 Å². The van der Waals surface area contributed by atoms with Crippen LogP contribution in [0.3, 0.4) is 0 Å². The number of carboxylic acid groups (broad SMARTS) is 1. The lowest BCUT2D eigenvalue weighted by atomic mass is 10.2. The van der Waals surface area contributed by atoms with Crippen molar-refractivity contribution < 1.29 is 14.7 Å². The van der Waals surface area contributed by atoms with Crippen LogP contribution in [0.15, 0.2) is 5.11 Å². The molecule has 7 heteroatoms. The molecule has 1 amide bonds. The van der Waals surface area contributed by atoms with Crippen LogP contribution in [0.1, 0.15) is 12.8 Å². The van der Waals surface area contributed by atoms with Gasteiger partial charge in [0.25, 0.3) is 0 Å². The number of nitrogens with zero attached hydrogens (tertiary/aromatic N) is 4. The summed E-state index contributed by atoms with van der Waals surface area (Å²) in [5, 5.41) is 11.9. The minimum atomic E-state index is -1.00. The Morgan fingerprint density at radius 2 is 2.36 bits per heavy atom. The van der Waals surface area contributed by atoms with Gasteiger partial charge in [0.05, 0.1) is 0 Å². The Balaban J connectivity index is 2.62. The first-order valence-electron chi connectivity index (χ1n) is 4.20. The predicted molar refractivity (Wildman–Crippen MR) is 46.4 cm³/mol. The van der Waals surface area contributed by atoms with Crippen LogP contribution in [0.4, 0.5) is 0 Å². The SMILES string of the molecule is [N-]=[N+]=NCC(=O)N1CCC[C@H]1C(=O)O. The summed E-state index contributed by atoms with van der Waals surface area (Å²) >= 11 is 0. The molecule has 1 N–H and O–H groups in total. The maximum atomic E-state index is 11.3. The number of carbonyl (C=O) groups is 2. The van der Waals surface area contributed by atoms with Gasteiger partial charge in [0, 0.05) is 11.5 Å². The highest BCUT2D eigenvalue weighted by Crippen LogP contribution is 2.17. The van der Waals surface area contributed by atoms with Crippen molar-refractivity contribution in [2.75, 3.05) is 13.1 Å². The molecular formula is C7H10N4O3. The molecule has 0 unspecified atom stereocenters. The van der Waals surface area contributed by atoms with Gasteiger partial charge in [0.2, 0.25) is 5.91 Å². The van der Waals surface area contributed by atoms with Crippen LogP contribution < -0.4 is 0 Å². The largest absolute Gasteiger partial charge is 0.480 e. The van der Waals surface area contributed by atoms with Crippen LogP contribution in [0.2, 0.25) is 0 Å². The van der Waals surface area contributed by atoms with E-state index in [1.54, 1.807) is 0 Å². The third kappa shape index (κ3) is 2.14. The molecule has 0 saturated carbocycles. The maximum absolute atomic E-state index is 11.3. The van der Waals surface area contributed by atoms with E-state index >= 15 is 0 Å². The molecule has 0 aromatic carbocycles. The Labute approximate surface area is 79.9 Å². The van der Waals surface area contributed by atoms with E-state index in [2.05, 4.69) is 10.0 Å². The van der Waals surface area contributed by atoms with Crippen LogP contribution in [0.5, 0.6) is 0 Å². The molecule has 1 saturated heterocycles. The van der Waals surface area contributed by atoms with Gasteiger partial charge < -0.3 is 10.0 Å². The number of amides is 1. The number of carboxylic acids is 1. The molecule has 1 aliphatic rings. The topological polar surface area (TPSA) is 106 Å². The molecule has 0 radical (unpaired) electrons. The Morgan fingerprint density at radius 1 is 1.64 bits per heavy atom. The van der Waals surface area contributed by atoms with E-state index < -0.39 is 17.9 Å². The van der Waals surface area contributed by atoms with Gasteiger partial charge in [-0.25, -0.2) is 4.79 Å². The molecule has 0 spiro atoms. The second-order valence-corrected chi connectivity index (χ2v) is 2.97. The van der Waals surface area contributed by atoms with Gasteiger partial charge in [-0.2, -0.15) is 0 Å². The summed E-state index contributed by atoms with van der Waals surface area (Å²) in [6.45, 7) is 0.122. The number of likely N-dealkylation sites (tertiary alicyclic amines) is 1. The number of aliphatic carboxylic acids is 1. The van der Waals surface area contributed by atoms with Crippen molar-refractivity contribution >= 4 is 11.9 Å². The van der Waals surface area contributed by atoms with Gasteiger partial charge in [0.15, 0.2) is 0 Å². The number of hydrogen-bond donors (Lipinski definition) is 1. The molecular weight excluding hydrogens is 188 g/mol. The summed E-state index contributed by atoms with van der Waals surface area (Å²) in [5.74, 6) is -1.43. The number of rotatable bonds is 3. The fourth-order valence-electron chi connectivity index (χ4n) is 1.50. The standard InChI is InChI=1S/C7H10N4O3/c8-10-9-4-6(12)11-3-1-2-5(11)7(13)14/h5H,1-4H2,(H,13,14)/t5-/m0/s1. The lowest BCUT2D eigenvalue weighted by molar-refractivity contribution is -0.147. The number of carbonyl (C=O) groups excluding carboxylic acids is 1. The lowest BCUT2D eigenvalue weighted by Gasteiger charge is -2.20. The molecule has 7 nitrogen and oxygen atoms in total. The average molecular weight is 198 g/mol. The Bertz CT molecular complexity index is 297. The lowest BCUT2D eigenvalue weighted by Crippen LogP contribution is -2.41. The molecule has 0 aromatic rings. The molecule has 0 bridgehead atoms. The van der Waals surface area contributed by atoms with Crippen molar-refractivity contribution in [3.8, 4) is 0 Å². The van der Waals surface area contributed by atoms with Crippen molar-refractivity contribution in [2.24, 2.45) is 5.11 Å². The molecule has 76 valence electrons. The first-order chi connectivity index (χ1) is 6.66. The van der Waals surface area contributed by atoms with Gasteiger partial charge in [0.1, 0.15) is 12.6 Å². The maximum Gasteiger partial charge on any atom is 0.326 e. The highest BCUT2D eigenvalue weighted by Gasteiger charge is 2.33. The third-order valence-electron chi connectivity index (χ3n) is 2.13. The summed E-state index contributed by atoms with van der Waals surface area (Å²) in [4.78, 5) is 25.7. The van der Waals surface area contributed by atoms with Crippen LogP contribution in [-0.4, -0.2) is 41.0 Å². The predicted octanol–water partition coefficient (Wildman–Crippen LogP) is 0.372. The average Bonchev–Trinajstić information content (AvgIpc) is 2.62. The zero-order valence-corrected chi connectivity index (χ0v) is 7.46. The summed E-state index contributed by atoms with van der Waals surface area (Å²) in [7, 11) is 0. The summed E-state index contributed by atoms with van der Waals surface area (Å²) in [6, 6.07) is -0.753. The zero-order valence-electron chi connectivity index (χ0n) is 7.46. The van der Waals surface area contributed by atoms with Gasteiger partial charge >= 0.3 is 5.97 Å². The molecule has 1 atom stereocenters. The minimum absolute atomic E-state index is 0.305. The monoisotopic (exact) mass is 198 g/mol. The van der Waals surface area contributed by atoms with Crippen molar-refractivity contribution in [3.63, 3.8) is 0 Å². The minimum Gasteiger partial charge on any atom is -0.480 e. The van der Waals surface area contributed by atoms with E-state index in [1.165, 1.54) is 4.90 Å². The molecule has 14 heavy (non-hydrogen) atoms. The fourth-order valence-corrected chi connectivity index (χ4v) is 1.50. The molecule has 0 aliphatic carbocycles. The normalized spacial score (nSPS) is 20.3. The van der Waals surface area contributed by atoms with Crippen molar-refractivity contribution in [1.29, 1.82) is 0 Å². The van der Waals surface area contributed by atoms with Crippen LogP contribution in [0, 0.1) is 0 Å². The summed E-state index contributed by atoms with van der Waals surface area (Å²) in [5.41, 5.74) is 8.00. The van der Waals surface area contributed by atoms with E-state index in [9.17, 15) is 9.59 Å².